The lowest BCUT2D eigenvalue weighted by atomic mass is 10.1. The summed E-state index contributed by atoms with van der Waals surface area (Å²) in [6.07, 6.45) is 0. The Morgan fingerprint density at radius 2 is 2.20 bits per heavy atom. The molecule has 1 heterocycles. The fraction of sp³-hybridized carbons (Fsp3) is 0.182. The molecule has 0 saturated heterocycles. The lowest BCUT2D eigenvalue weighted by molar-refractivity contribution is 0.0695. The summed E-state index contributed by atoms with van der Waals surface area (Å²) in [7, 11) is 1.45. The summed E-state index contributed by atoms with van der Waals surface area (Å²) >= 11 is 0. The molecule has 0 bridgehead atoms. The van der Waals surface area contributed by atoms with Crippen LogP contribution < -0.4 is 4.74 Å². The van der Waals surface area contributed by atoms with Crippen molar-refractivity contribution in [2.24, 2.45) is 0 Å². The highest BCUT2D eigenvalue weighted by Crippen LogP contribution is 2.28. The van der Waals surface area contributed by atoms with Crippen LogP contribution in [0.5, 0.6) is 5.88 Å². The molecule has 2 N–H and O–H groups in total. The van der Waals surface area contributed by atoms with Gasteiger partial charge in [0.25, 0.3) is 0 Å². The van der Waals surface area contributed by atoms with Crippen molar-refractivity contribution >= 4 is 16.9 Å². The van der Waals surface area contributed by atoms with Gasteiger partial charge in [0.15, 0.2) is 0 Å². The highest BCUT2D eigenvalue weighted by atomic mass is 16.5. The average Bonchev–Trinajstić information content (AvgIpc) is 2.55. The third kappa shape index (κ3) is 1.44. The topological polar surface area (TPSA) is 62.3 Å². The molecule has 0 radical (unpaired) electrons. The predicted octanol–water partition coefficient (Wildman–Crippen LogP) is 2.18. The number of carboxylic acids is 1. The van der Waals surface area contributed by atoms with Gasteiger partial charge in [-0.05, 0) is 19.1 Å². The second-order valence-electron chi connectivity index (χ2n) is 3.39. The van der Waals surface area contributed by atoms with Crippen LogP contribution in [0.4, 0.5) is 0 Å². The second kappa shape index (κ2) is 3.31. The molecule has 0 fully saturated rings. The van der Waals surface area contributed by atoms with Crippen LogP contribution in [0.25, 0.3) is 10.9 Å². The van der Waals surface area contributed by atoms with Crippen molar-refractivity contribution in [3.8, 4) is 5.88 Å². The van der Waals surface area contributed by atoms with E-state index in [1.54, 1.807) is 0 Å². The molecule has 0 atom stereocenters. The Bertz CT molecular complexity index is 528. The van der Waals surface area contributed by atoms with E-state index < -0.39 is 5.97 Å². The van der Waals surface area contributed by atoms with Crippen molar-refractivity contribution < 1.29 is 14.6 Å². The summed E-state index contributed by atoms with van der Waals surface area (Å²) in [6.45, 7) is 1.92. The summed E-state index contributed by atoms with van der Waals surface area (Å²) in [5.74, 6) is -0.688. The first kappa shape index (κ1) is 9.58. The predicted molar refractivity (Wildman–Crippen MR) is 56.5 cm³/mol. The molecule has 0 spiro atoms. The van der Waals surface area contributed by atoms with Gasteiger partial charge in [0.2, 0.25) is 5.88 Å². The number of carbonyl (C=O) groups is 1. The summed E-state index contributed by atoms with van der Waals surface area (Å²) in [5.41, 5.74) is 1.98. The summed E-state index contributed by atoms with van der Waals surface area (Å²) in [4.78, 5) is 14.0. The number of hydrogen-bond acceptors (Lipinski definition) is 2. The molecule has 0 amide bonds. The van der Waals surface area contributed by atoms with Gasteiger partial charge in [-0.3, -0.25) is 0 Å². The molecule has 2 rings (SSSR count). The number of hydrogen-bond donors (Lipinski definition) is 2. The molecule has 1 aromatic heterocycles. The molecule has 0 aliphatic rings. The maximum atomic E-state index is 11.1. The van der Waals surface area contributed by atoms with E-state index in [0.29, 0.717) is 11.3 Å². The van der Waals surface area contributed by atoms with E-state index >= 15 is 0 Å². The molecule has 15 heavy (non-hydrogen) atoms. The number of H-pyrrole nitrogens is 1. The highest BCUT2D eigenvalue weighted by Gasteiger charge is 2.18. The van der Waals surface area contributed by atoms with Crippen molar-refractivity contribution in [3.63, 3.8) is 0 Å². The molecule has 4 nitrogen and oxygen atoms in total. The smallest absolute Gasteiger partial charge is 0.341 e. The van der Waals surface area contributed by atoms with E-state index in [0.717, 1.165) is 11.1 Å². The van der Waals surface area contributed by atoms with Gasteiger partial charge in [0.05, 0.1) is 7.11 Å². The van der Waals surface area contributed by atoms with E-state index in [1.807, 2.05) is 25.1 Å². The molecular formula is C11H11NO3. The minimum absolute atomic E-state index is 0.191. The molecule has 78 valence electrons. The summed E-state index contributed by atoms with van der Waals surface area (Å²) in [6, 6.07) is 5.60. The van der Waals surface area contributed by atoms with Crippen molar-refractivity contribution in [2.75, 3.05) is 7.11 Å². The lowest BCUT2D eigenvalue weighted by Gasteiger charge is -1.97. The first-order valence-corrected chi connectivity index (χ1v) is 4.53. The maximum absolute atomic E-state index is 11.1. The Hall–Kier alpha value is -1.97. The number of methoxy groups -OCH3 is 1. The zero-order chi connectivity index (χ0) is 11.0. The number of aromatic nitrogens is 1. The maximum Gasteiger partial charge on any atom is 0.341 e. The van der Waals surface area contributed by atoms with Crippen LogP contribution >= 0.6 is 0 Å². The first-order chi connectivity index (χ1) is 7.13. The van der Waals surface area contributed by atoms with Gasteiger partial charge >= 0.3 is 5.97 Å². The van der Waals surface area contributed by atoms with Crippen LogP contribution in [-0.4, -0.2) is 23.2 Å². The lowest BCUT2D eigenvalue weighted by Crippen LogP contribution is -1.98. The zero-order valence-electron chi connectivity index (χ0n) is 8.50. The van der Waals surface area contributed by atoms with Gasteiger partial charge in [-0.1, -0.05) is 11.6 Å². The van der Waals surface area contributed by atoms with Crippen LogP contribution in [-0.2, 0) is 0 Å². The molecule has 0 saturated carbocycles. The number of fused-ring (bicyclic) bond motifs is 1. The number of rotatable bonds is 2. The van der Waals surface area contributed by atoms with Crippen molar-refractivity contribution in [2.45, 2.75) is 6.92 Å². The normalized spacial score (nSPS) is 10.5. The second-order valence-corrected chi connectivity index (χ2v) is 3.39. The summed E-state index contributed by atoms with van der Waals surface area (Å²) < 4.78 is 5.00. The number of aryl methyl sites for hydroxylation is 1. The van der Waals surface area contributed by atoms with E-state index in [9.17, 15) is 4.79 Å². The zero-order valence-corrected chi connectivity index (χ0v) is 8.50. The molecule has 4 heteroatoms. The SMILES string of the molecule is COc1[nH]c2ccc(C)cc2c1C(=O)O. The Labute approximate surface area is 86.5 Å². The summed E-state index contributed by atoms with van der Waals surface area (Å²) in [5, 5.41) is 9.75. The van der Waals surface area contributed by atoms with Gasteiger partial charge < -0.3 is 14.8 Å². The Balaban J connectivity index is 2.82. The highest BCUT2D eigenvalue weighted by molar-refractivity contribution is 6.06. The minimum atomic E-state index is -0.983. The quantitative estimate of drug-likeness (QED) is 0.789. The Kier molecular flexibility index (Phi) is 2.11. The van der Waals surface area contributed by atoms with E-state index in [-0.39, 0.29) is 5.56 Å². The van der Waals surface area contributed by atoms with Crippen LogP contribution in [0, 0.1) is 6.92 Å². The van der Waals surface area contributed by atoms with Crippen LogP contribution in [0.15, 0.2) is 18.2 Å². The number of ether oxygens (including phenoxy) is 1. The number of carboxylic acid groups (broad SMARTS) is 1. The monoisotopic (exact) mass is 205 g/mol. The van der Waals surface area contributed by atoms with Gasteiger partial charge in [0, 0.05) is 10.9 Å². The fourth-order valence-corrected chi connectivity index (χ4v) is 1.65. The Morgan fingerprint density at radius 1 is 1.47 bits per heavy atom. The van der Waals surface area contributed by atoms with E-state index in [2.05, 4.69) is 4.98 Å². The average molecular weight is 205 g/mol. The van der Waals surface area contributed by atoms with Crippen LogP contribution in [0.3, 0.4) is 0 Å². The third-order valence-corrected chi connectivity index (χ3v) is 2.34. The standard InChI is InChI=1S/C11H11NO3/c1-6-3-4-8-7(5-6)9(11(13)14)10(12-8)15-2/h3-5,12H,1-2H3,(H,13,14). The molecule has 2 aromatic rings. The van der Waals surface area contributed by atoms with Crippen LogP contribution in [0.1, 0.15) is 15.9 Å². The van der Waals surface area contributed by atoms with E-state index in [4.69, 9.17) is 9.84 Å². The van der Waals surface area contributed by atoms with Crippen molar-refractivity contribution in [3.05, 3.63) is 29.3 Å². The van der Waals surface area contributed by atoms with Gasteiger partial charge in [-0.25, -0.2) is 4.79 Å². The van der Waals surface area contributed by atoms with Crippen molar-refractivity contribution in [1.82, 2.24) is 4.98 Å². The fourth-order valence-electron chi connectivity index (χ4n) is 1.65. The molecular weight excluding hydrogens is 194 g/mol. The number of aromatic amines is 1. The van der Waals surface area contributed by atoms with Crippen LogP contribution in [0.2, 0.25) is 0 Å². The molecule has 0 unspecified atom stereocenters. The molecule has 0 aliphatic carbocycles. The number of aromatic carboxylic acids is 1. The van der Waals surface area contributed by atoms with E-state index in [1.165, 1.54) is 7.11 Å². The number of nitrogens with one attached hydrogen (secondary N) is 1. The minimum Gasteiger partial charge on any atom is -0.482 e. The molecule has 1 aromatic carbocycles. The third-order valence-electron chi connectivity index (χ3n) is 2.34. The first-order valence-electron chi connectivity index (χ1n) is 4.53. The van der Waals surface area contributed by atoms with Gasteiger partial charge in [-0.15, -0.1) is 0 Å². The van der Waals surface area contributed by atoms with Gasteiger partial charge in [0.1, 0.15) is 5.56 Å². The largest absolute Gasteiger partial charge is 0.482 e. The van der Waals surface area contributed by atoms with Crippen molar-refractivity contribution in [1.29, 1.82) is 0 Å². The van der Waals surface area contributed by atoms with Gasteiger partial charge in [-0.2, -0.15) is 0 Å². The molecule has 0 aliphatic heterocycles. The number of benzene rings is 1. The Morgan fingerprint density at radius 3 is 2.80 bits per heavy atom.